The van der Waals surface area contributed by atoms with E-state index in [9.17, 15) is 52.5 Å². The van der Waals surface area contributed by atoms with Crippen LogP contribution in [0.4, 0.5) is 39.5 Å². The molecule has 216 valence electrons. The lowest BCUT2D eigenvalue weighted by atomic mass is 9.75. The average molecular weight is 692 g/mol. The first-order chi connectivity index (χ1) is 16.7. The van der Waals surface area contributed by atoms with Gasteiger partial charge in [0.05, 0.1) is 0 Å². The van der Waals surface area contributed by atoms with E-state index in [1.54, 1.807) is 9.13 Å². The Kier molecular flexibility index (Phi) is 10.1. The zero-order valence-electron chi connectivity index (χ0n) is 21.0. The van der Waals surface area contributed by atoms with Crippen molar-refractivity contribution < 1.29 is 73.7 Å². The molecule has 0 aliphatic heterocycles. The quantitative estimate of drug-likeness (QED) is 0.266. The predicted molar refractivity (Wildman–Crippen MR) is 118 cm³/mol. The Bertz CT molecular complexity index is 1200. The molecule has 38 heavy (non-hydrogen) atoms. The van der Waals surface area contributed by atoms with Crippen molar-refractivity contribution in [3.05, 3.63) is 66.8 Å². The standard InChI is InChI=1S/C20H26I.C4HF9O3S/c1-19(2,3)16-13-10-14-17(18(16)20(4,5)6)21-15-11-8-7-9-12-15;5-1(6,3(9,10)11)2(7,8)4(12,13)17(14,15)16/h7-14H,1-6H3;(H,14,15,16)/q+1;/p-1. The summed E-state index contributed by atoms with van der Waals surface area (Å²) < 4.78 is 138. The molecule has 3 nitrogen and oxygen atoms in total. The van der Waals surface area contributed by atoms with Crippen molar-refractivity contribution in [1.82, 2.24) is 0 Å². The van der Waals surface area contributed by atoms with Crippen LogP contribution in [0, 0.1) is 7.14 Å². The highest BCUT2D eigenvalue weighted by Gasteiger charge is 2.83. The summed E-state index contributed by atoms with van der Waals surface area (Å²) in [5.41, 5.74) is 3.45. The highest BCUT2D eigenvalue weighted by atomic mass is 127. The van der Waals surface area contributed by atoms with Gasteiger partial charge in [0.2, 0.25) is 0 Å². The smallest absolute Gasteiger partial charge is 0.460 e. The third kappa shape index (κ3) is 7.34. The van der Waals surface area contributed by atoms with Crippen molar-refractivity contribution in [3.63, 3.8) is 0 Å². The summed E-state index contributed by atoms with van der Waals surface area (Å²) in [4.78, 5) is 0. The van der Waals surface area contributed by atoms with E-state index in [1.165, 1.54) is 9.13 Å². The van der Waals surface area contributed by atoms with E-state index in [0.717, 1.165) is 0 Å². The molecule has 0 aliphatic carbocycles. The Morgan fingerprint density at radius 1 is 0.658 bits per heavy atom. The van der Waals surface area contributed by atoms with Gasteiger partial charge >= 0.3 is 44.5 Å². The second-order valence-electron chi connectivity index (χ2n) is 10.2. The van der Waals surface area contributed by atoms with Crippen molar-refractivity contribution in [2.45, 2.75) is 75.6 Å². The maximum absolute atomic E-state index is 12.2. The van der Waals surface area contributed by atoms with Crippen molar-refractivity contribution in [1.29, 1.82) is 0 Å². The van der Waals surface area contributed by atoms with E-state index in [1.807, 2.05) is 0 Å². The van der Waals surface area contributed by atoms with Gasteiger partial charge in [0.15, 0.2) is 17.3 Å². The maximum Gasteiger partial charge on any atom is 0.460 e. The summed E-state index contributed by atoms with van der Waals surface area (Å²) in [6.45, 7) is 14.0. The first-order valence-electron chi connectivity index (χ1n) is 10.7. The summed E-state index contributed by atoms with van der Waals surface area (Å²) in [5.74, 6) is -14.8. The molecule has 2 rings (SSSR count). The van der Waals surface area contributed by atoms with Crippen LogP contribution in [0.15, 0.2) is 48.5 Å². The van der Waals surface area contributed by atoms with E-state index >= 15 is 0 Å². The molecule has 0 fully saturated rings. The van der Waals surface area contributed by atoms with Crippen LogP contribution >= 0.6 is 0 Å². The average Bonchev–Trinajstić information content (AvgIpc) is 2.71. The second kappa shape index (κ2) is 11.1. The maximum atomic E-state index is 12.2. The van der Waals surface area contributed by atoms with Crippen LogP contribution in [0.2, 0.25) is 0 Å². The molecule has 0 heterocycles. The third-order valence-electron chi connectivity index (χ3n) is 4.95. The molecule has 0 atom stereocenters. The highest BCUT2D eigenvalue weighted by molar-refractivity contribution is 7.86. The zero-order valence-corrected chi connectivity index (χ0v) is 24.0. The Labute approximate surface area is 225 Å². The molecule has 0 aliphatic rings. The molecular formula is C24H26F9IO3S. The highest BCUT2D eigenvalue weighted by Crippen LogP contribution is 2.54. The van der Waals surface area contributed by atoms with Crippen LogP contribution in [0.25, 0.3) is 0 Å². The number of alkyl halides is 9. The topological polar surface area (TPSA) is 57.2 Å². The number of halogens is 10. The van der Waals surface area contributed by atoms with Gasteiger partial charge in [-0.1, -0.05) is 71.9 Å². The lowest BCUT2D eigenvalue weighted by molar-refractivity contribution is -0.598. The fraction of sp³-hybridized carbons (Fsp3) is 0.500. The molecule has 0 amide bonds. The SMILES string of the molecule is CC(C)(C)c1cccc([I+]c2ccccc2)c1C(C)(C)C.O=S(=O)([O-])C(F)(F)C(F)(F)C(F)(F)C(F)(F)F. The van der Waals surface area contributed by atoms with E-state index in [0.29, 0.717) is 0 Å². The molecule has 0 bridgehead atoms. The van der Waals surface area contributed by atoms with E-state index < -0.39 is 33.4 Å². The van der Waals surface area contributed by atoms with Gasteiger partial charge in [-0.15, -0.1) is 0 Å². The van der Waals surface area contributed by atoms with Gasteiger partial charge in [0, 0.05) is 5.56 Å². The normalized spacial score (nSPS) is 14.1. The summed E-state index contributed by atoms with van der Waals surface area (Å²) in [6.07, 6.45) is -7.16. The molecule has 2 aromatic rings. The minimum absolute atomic E-state index is 0.124. The number of rotatable bonds is 5. The van der Waals surface area contributed by atoms with Crippen LogP contribution in [-0.2, 0) is 20.9 Å². The molecular weight excluding hydrogens is 666 g/mol. The number of hydrogen-bond acceptors (Lipinski definition) is 3. The Morgan fingerprint density at radius 2 is 1.13 bits per heavy atom. The van der Waals surface area contributed by atoms with Crippen LogP contribution in [0.5, 0.6) is 0 Å². The van der Waals surface area contributed by atoms with E-state index in [2.05, 4.69) is 90.1 Å². The molecule has 2 aromatic carbocycles. The first-order valence-corrected chi connectivity index (χ1v) is 14.3. The molecule has 0 saturated carbocycles. The monoisotopic (exact) mass is 692 g/mol. The lowest BCUT2D eigenvalue weighted by Gasteiger charge is -2.34. The van der Waals surface area contributed by atoms with Gasteiger partial charge in [-0.25, -0.2) is 8.42 Å². The molecule has 0 radical (unpaired) electrons. The largest absolute Gasteiger partial charge is 0.743 e. The minimum atomic E-state index is -7.43. The summed E-state index contributed by atoms with van der Waals surface area (Å²) in [7, 11) is -7.42. The van der Waals surface area contributed by atoms with Crippen molar-refractivity contribution in [3.8, 4) is 0 Å². The third-order valence-corrected chi connectivity index (χ3v) is 8.65. The van der Waals surface area contributed by atoms with Crippen molar-refractivity contribution in [2.24, 2.45) is 0 Å². The van der Waals surface area contributed by atoms with Crippen LogP contribution in [0.3, 0.4) is 0 Å². The fourth-order valence-electron chi connectivity index (χ4n) is 3.10. The summed E-state index contributed by atoms with van der Waals surface area (Å²) in [5, 5.41) is -7.11. The molecule has 0 saturated heterocycles. The molecule has 0 N–H and O–H groups in total. The van der Waals surface area contributed by atoms with Gasteiger partial charge in [-0.2, -0.15) is 39.5 Å². The molecule has 0 unspecified atom stereocenters. The molecule has 14 heteroatoms. The van der Waals surface area contributed by atoms with Gasteiger partial charge in [-0.05, 0) is 34.6 Å². The second-order valence-corrected chi connectivity index (χ2v) is 14.5. The van der Waals surface area contributed by atoms with Gasteiger partial charge in [0.25, 0.3) is 0 Å². The van der Waals surface area contributed by atoms with Crippen LogP contribution in [-0.4, -0.2) is 36.2 Å². The summed E-state index contributed by atoms with van der Waals surface area (Å²) in [6, 6.07) is 17.8. The van der Waals surface area contributed by atoms with E-state index in [4.69, 9.17) is 0 Å². The lowest BCUT2D eigenvalue weighted by Crippen LogP contribution is -3.61. The van der Waals surface area contributed by atoms with Crippen molar-refractivity contribution >= 4 is 10.1 Å². The zero-order chi connectivity index (χ0) is 30.2. The van der Waals surface area contributed by atoms with Gasteiger partial charge < -0.3 is 4.55 Å². The van der Waals surface area contributed by atoms with Gasteiger partial charge in [-0.3, -0.25) is 0 Å². The number of benzene rings is 2. The molecule has 0 spiro atoms. The Morgan fingerprint density at radius 3 is 1.50 bits per heavy atom. The van der Waals surface area contributed by atoms with Crippen molar-refractivity contribution in [2.75, 3.05) is 0 Å². The van der Waals surface area contributed by atoms with Gasteiger partial charge in [0.1, 0.15) is 0 Å². The first kappa shape index (κ1) is 34.5. The Hall–Kier alpha value is -1.55. The van der Waals surface area contributed by atoms with E-state index in [-0.39, 0.29) is 32.0 Å². The molecule has 0 aromatic heterocycles. The fourth-order valence-corrected chi connectivity index (χ4v) is 6.75. The summed E-state index contributed by atoms with van der Waals surface area (Å²) >= 11 is -0.124. The Balaban J connectivity index is 0.000000391. The number of hydrogen-bond donors (Lipinski definition) is 0. The van der Waals surface area contributed by atoms with Crippen LogP contribution in [0.1, 0.15) is 52.7 Å². The predicted octanol–water partition coefficient (Wildman–Crippen LogP) is 4.37. The minimum Gasteiger partial charge on any atom is -0.743 e. The van der Waals surface area contributed by atoms with Crippen LogP contribution < -0.4 is 21.2 Å².